The van der Waals surface area contributed by atoms with E-state index in [2.05, 4.69) is 52.0 Å². The Bertz CT molecular complexity index is 621. The van der Waals surface area contributed by atoms with Gasteiger partial charge in [0.25, 0.3) is 0 Å². The Hall–Kier alpha value is -1.63. The van der Waals surface area contributed by atoms with Gasteiger partial charge in [-0.1, -0.05) is 52.0 Å². The Morgan fingerprint density at radius 2 is 1.37 bits per heavy atom. The van der Waals surface area contributed by atoms with E-state index in [-0.39, 0.29) is 5.78 Å². The topological polar surface area (TPSA) is 17.1 Å². The molecular formula is C18H22O. The van der Waals surface area contributed by atoms with Crippen molar-refractivity contribution in [3.63, 3.8) is 0 Å². The zero-order valence-corrected chi connectivity index (χ0v) is 12.4. The predicted octanol–water partition coefficient (Wildman–Crippen LogP) is 5.29. The normalized spacial score (nSPS) is 11.5. The smallest absolute Gasteiger partial charge is 0.159 e. The van der Waals surface area contributed by atoms with E-state index in [4.69, 9.17) is 0 Å². The van der Waals surface area contributed by atoms with Gasteiger partial charge in [0, 0.05) is 5.56 Å². The highest BCUT2D eigenvalue weighted by Gasteiger charge is 2.12. The molecule has 2 aromatic rings. The first-order chi connectivity index (χ1) is 8.91. The fourth-order valence-electron chi connectivity index (χ4n) is 2.62. The van der Waals surface area contributed by atoms with Crippen molar-refractivity contribution in [2.24, 2.45) is 0 Å². The molecule has 0 aliphatic heterocycles. The van der Waals surface area contributed by atoms with Gasteiger partial charge in [-0.25, -0.2) is 0 Å². The van der Waals surface area contributed by atoms with Gasteiger partial charge in [-0.05, 0) is 46.7 Å². The molecule has 0 radical (unpaired) electrons. The maximum absolute atomic E-state index is 11.6. The van der Waals surface area contributed by atoms with Crippen LogP contribution in [-0.2, 0) is 0 Å². The van der Waals surface area contributed by atoms with E-state index in [1.165, 1.54) is 21.9 Å². The van der Waals surface area contributed by atoms with Crippen molar-refractivity contribution >= 4 is 16.6 Å². The lowest BCUT2D eigenvalue weighted by molar-refractivity contribution is 0.101. The molecule has 0 heterocycles. The first-order valence-corrected chi connectivity index (χ1v) is 6.99. The van der Waals surface area contributed by atoms with Crippen LogP contribution in [0.1, 0.15) is 67.9 Å². The van der Waals surface area contributed by atoms with Crippen molar-refractivity contribution in [1.82, 2.24) is 0 Å². The van der Waals surface area contributed by atoms with Gasteiger partial charge < -0.3 is 0 Å². The molecule has 0 N–H and O–H groups in total. The van der Waals surface area contributed by atoms with Crippen LogP contribution < -0.4 is 0 Å². The average molecular weight is 254 g/mol. The summed E-state index contributed by atoms with van der Waals surface area (Å²) in [7, 11) is 0. The molecule has 0 spiro atoms. The standard InChI is InChI=1S/C18H22O/c1-11(2)15-8-9-16(12(3)4)18-10-14(13(5)19)6-7-17(15)18/h6-12H,1-5H3. The maximum atomic E-state index is 11.6. The minimum atomic E-state index is 0.131. The molecular weight excluding hydrogens is 232 g/mol. The molecule has 2 rings (SSSR count). The van der Waals surface area contributed by atoms with Crippen LogP contribution in [0.25, 0.3) is 10.8 Å². The molecule has 0 bridgehead atoms. The van der Waals surface area contributed by atoms with Crippen molar-refractivity contribution in [1.29, 1.82) is 0 Å². The fourth-order valence-corrected chi connectivity index (χ4v) is 2.62. The van der Waals surface area contributed by atoms with Crippen LogP contribution in [-0.4, -0.2) is 5.78 Å². The monoisotopic (exact) mass is 254 g/mol. The molecule has 19 heavy (non-hydrogen) atoms. The maximum Gasteiger partial charge on any atom is 0.159 e. The third-order valence-corrected chi connectivity index (χ3v) is 3.73. The first-order valence-electron chi connectivity index (χ1n) is 6.99. The van der Waals surface area contributed by atoms with Crippen LogP contribution in [0.2, 0.25) is 0 Å². The van der Waals surface area contributed by atoms with Gasteiger partial charge in [-0.2, -0.15) is 0 Å². The lowest BCUT2D eigenvalue weighted by Crippen LogP contribution is -1.98. The van der Waals surface area contributed by atoms with E-state index >= 15 is 0 Å². The van der Waals surface area contributed by atoms with Gasteiger partial charge in [0.2, 0.25) is 0 Å². The number of hydrogen-bond donors (Lipinski definition) is 0. The lowest BCUT2D eigenvalue weighted by Gasteiger charge is -2.16. The van der Waals surface area contributed by atoms with E-state index < -0.39 is 0 Å². The fraction of sp³-hybridized carbons (Fsp3) is 0.389. The van der Waals surface area contributed by atoms with Gasteiger partial charge in [0.1, 0.15) is 0 Å². The quantitative estimate of drug-likeness (QED) is 0.680. The molecule has 0 aliphatic carbocycles. The summed E-state index contributed by atoms with van der Waals surface area (Å²) in [4.78, 5) is 11.6. The molecule has 0 unspecified atom stereocenters. The summed E-state index contributed by atoms with van der Waals surface area (Å²) < 4.78 is 0. The summed E-state index contributed by atoms with van der Waals surface area (Å²) in [5.41, 5.74) is 3.48. The van der Waals surface area contributed by atoms with Crippen LogP contribution in [0.3, 0.4) is 0 Å². The molecule has 100 valence electrons. The second-order valence-electron chi connectivity index (χ2n) is 5.87. The van der Waals surface area contributed by atoms with E-state index in [9.17, 15) is 4.79 Å². The molecule has 1 heteroatoms. The third-order valence-electron chi connectivity index (χ3n) is 3.73. The Morgan fingerprint density at radius 1 is 0.842 bits per heavy atom. The van der Waals surface area contributed by atoms with Gasteiger partial charge in [-0.3, -0.25) is 4.79 Å². The minimum Gasteiger partial charge on any atom is -0.295 e. The largest absolute Gasteiger partial charge is 0.295 e. The number of fused-ring (bicyclic) bond motifs is 1. The molecule has 2 aromatic carbocycles. The van der Waals surface area contributed by atoms with Gasteiger partial charge in [0.05, 0.1) is 0 Å². The molecule has 0 fully saturated rings. The predicted molar refractivity (Wildman–Crippen MR) is 82.1 cm³/mol. The number of Topliss-reactive ketones (excluding diaryl/α,β-unsaturated/α-hetero) is 1. The van der Waals surface area contributed by atoms with Gasteiger partial charge >= 0.3 is 0 Å². The molecule has 0 atom stereocenters. The van der Waals surface area contributed by atoms with E-state index in [1.54, 1.807) is 6.92 Å². The number of hydrogen-bond acceptors (Lipinski definition) is 1. The lowest BCUT2D eigenvalue weighted by atomic mass is 9.88. The van der Waals surface area contributed by atoms with Crippen LogP contribution in [0, 0.1) is 0 Å². The van der Waals surface area contributed by atoms with Crippen molar-refractivity contribution in [3.8, 4) is 0 Å². The zero-order valence-electron chi connectivity index (χ0n) is 12.4. The van der Waals surface area contributed by atoms with E-state index in [1.807, 2.05) is 6.07 Å². The van der Waals surface area contributed by atoms with Crippen molar-refractivity contribution in [2.75, 3.05) is 0 Å². The minimum absolute atomic E-state index is 0.131. The number of carbonyl (C=O) groups excluding carboxylic acids is 1. The molecule has 1 nitrogen and oxygen atoms in total. The Morgan fingerprint density at radius 3 is 1.84 bits per heavy atom. The van der Waals surface area contributed by atoms with Crippen molar-refractivity contribution < 1.29 is 4.79 Å². The Balaban J connectivity index is 2.81. The van der Waals surface area contributed by atoms with Crippen LogP contribution in [0.4, 0.5) is 0 Å². The molecule has 0 amide bonds. The second kappa shape index (κ2) is 5.16. The summed E-state index contributed by atoms with van der Waals surface area (Å²) in [5.74, 6) is 1.09. The van der Waals surface area contributed by atoms with Crippen molar-refractivity contribution in [3.05, 3.63) is 47.0 Å². The van der Waals surface area contributed by atoms with Crippen LogP contribution >= 0.6 is 0 Å². The summed E-state index contributed by atoms with van der Waals surface area (Å²) in [5, 5.41) is 2.51. The highest BCUT2D eigenvalue weighted by Crippen LogP contribution is 2.32. The molecule has 0 saturated carbocycles. The second-order valence-corrected chi connectivity index (χ2v) is 5.87. The first kappa shape index (κ1) is 13.8. The summed E-state index contributed by atoms with van der Waals surface area (Å²) >= 11 is 0. The van der Waals surface area contributed by atoms with Crippen LogP contribution in [0.15, 0.2) is 30.3 Å². The highest BCUT2D eigenvalue weighted by atomic mass is 16.1. The summed E-state index contributed by atoms with van der Waals surface area (Å²) in [6.45, 7) is 10.4. The summed E-state index contributed by atoms with van der Waals surface area (Å²) in [6, 6.07) is 10.6. The Kier molecular flexibility index (Phi) is 3.75. The van der Waals surface area contributed by atoms with Gasteiger partial charge in [-0.15, -0.1) is 0 Å². The molecule has 0 aromatic heterocycles. The number of rotatable bonds is 3. The molecule has 0 saturated heterocycles. The van der Waals surface area contributed by atoms with E-state index in [0.717, 1.165) is 5.56 Å². The van der Waals surface area contributed by atoms with Gasteiger partial charge in [0.15, 0.2) is 5.78 Å². The van der Waals surface area contributed by atoms with Crippen LogP contribution in [0.5, 0.6) is 0 Å². The number of carbonyl (C=O) groups is 1. The van der Waals surface area contributed by atoms with E-state index in [0.29, 0.717) is 11.8 Å². The molecule has 0 aliphatic rings. The SMILES string of the molecule is CC(=O)c1ccc2c(C(C)C)ccc(C(C)C)c2c1. The summed E-state index contributed by atoms with van der Waals surface area (Å²) in [6.07, 6.45) is 0. The average Bonchev–Trinajstić information content (AvgIpc) is 2.36. The Labute approximate surface area is 115 Å². The van der Waals surface area contributed by atoms with Crippen molar-refractivity contribution in [2.45, 2.75) is 46.5 Å². The highest BCUT2D eigenvalue weighted by molar-refractivity contribution is 6.00. The number of ketones is 1. The number of benzene rings is 2. The third kappa shape index (κ3) is 2.56. The zero-order chi connectivity index (χ0) is 14.2.